The largest absolute Gasteiger partial charge is 0.336 e. The van der Waals surface area contributed by atoms with E-state index in [1.165, 1.54) is 17.7 Å². The second-order valence-electron chi connectivity index (χ2n) is 6.24. The lowest BCUT2D eigenvalue weighted by Gasteiger charge is -2.20. The van der Waals surface area contributed by atoms with Gasteiger partial charge in [-0.2, -0.15) is 5.10 Å². The molecule has 3 rings (SSSR count). The van der Waals surface area contributed by atoms with Gasteiger partial charge < -0.3 is 10.6 Å². The summed E-state index contributed by atoms with van der Waals surface area (Å²) in [5, 5.41) is 12.8. The molecule has 0 radical (unpaired) electrons. The predicted molar refractivity (Wildman–Crippen MR) is 92.9 cm³/mol. The molecule has 2 aromatic heterocycles. The Balaban J connectivity index is 1.67. The zero-order chi connectivity index (χ0) is 16.2. The van der Waals surface area contributed by atoms with Crippen molar-refractivity contribution in [2.24, 2.45) is 0 Å². The molecule has 124 valence electrons. The van der Waals surface area contributed by atoms with E-state index in [-0.39, 0.29) is 12.1 Å². The number of thiophene rings is 1. The third-order valence-electron chi connectivity index (χ3n) is 4.36. The number of amides is 2. The van der Waals surface area contributed by atoms with Gasteiger partial charge in [-0.25, -0.2) is 4.79 Å². The Bertz CT molecular complexity index is 644. The number of hydrogen-bond acceptors (Lipinski definition) is 3. The van der Waals surface area contributed by atoms with Gasteiger partial charge in [-0.3, -0.25) is 4.68 Å². The average Bonchev–Trinajstić information content (AvgIpc) is 3.23. The van der Waals surface area contributed by atoms with Crippen LogP contribution in [0.3, 0.4) is 0 Å². The Hall–Kier alpha value is -1.82. The van der Waals surface area contributed by atoms with Crippen molar-refractivity contribution in [3.8, 4) is 0 Å². The maximum atomic E-state index is 12.1. The Kier molecular flexibility index (Phi) is 5.00. The molecule has 1 saturated carbocycles. The van der Waals surface area contributed by atoms with E-state index < -0.39 is 0 Å². The molecule has 0 spiro atoms. The van der Waals surface area contributed by atoms with Gasteiger partial charge in [-0.1, -0.05) is 18.9 Å². The van der Waals surface area contributed by atoms with E-state index in [9.17, 15) is 4.79 Å². The maximum Gasteiger partial charge on any atom is 0.315 e. The van der Waals surface area contributed by atoms with Crippen LogP contribution in [0.1, 0.15) is 48.0 Å². The fourth-order valence-corrected chi connectivity index (χ4v) is 4.06. The van der Waals surface area contributed by atoms with E-state index >= 15 is 0 Å². The van der Waals surface area contributed by atoms with E-state index in [4.69, 9.17) is 0 Å². The Morgan fingerprint density at radius 3 is 2.83 bits per heavy atom. The van der Waals surface area contributed by atoms with Crippen LogP contribution >= 0.6 is 11.3 Å². The summed E-state index contributed by atoms with van der Waals surface area (Å²) < 4.78 is 2.01. The molecule has 2 N–H and O–H groups in total. The Morgan fingerprint density at radius 2 is 2.22 bits per heavy atom. The van der Waals surface area contributed by atoms with Gasteiger partial charge in [0.1, 0.15) is 6.04 Å². The SMILES string of the molecule is Cc1cc(C)n(C(CNC(=O)NC2CCCC2)c2cccs2)n1. The molecule has 1 atom stereocenters. The Labute approximate surface area is 141 Å². The molecule has 0 saturated heterocycles. The number of urea groups is 1. The fourth-order valence-electron chi connectivity index (χ4n) is 3.25. The van der Waals surface area contributed by atoms with Crippen molar-refractivity contribution in [2.45, 2.75) is 51.6 Å². The van der Waals surface area contributed by atoms with Gasteiger partial charge >= 0.3 is 6.03 Å². The van der Waals surface area contributed by atoms with Crippen LogP contribution in [0.2, 0.25) is 0 Å². The number of aromatic nitrogens is 2. The van der Waals surface area contributed by atoms with Gasteiger partial charge in [0, 0.05) is 23.2 Å². The lowest BCUT2D eigenvalue weighted by molar-refractivity contribution is 0.235. The molecular formula is C17H24N4OS. The van der Waals surface area contributed by atoms with Crippen molar-refractivity contribution in [1.29, 1.82) is 0 Å². The van der Waals surface area contributed by atoms with E-state index in [2.05, 4.69) is 40.2 Å². The van der Waals surface area contributed by atoms with Crippen LogP contribution in [0.4, 0.5) is 4.79 Å². The summed E-state index contributed by atoms with van der Waals surface area (Å²) in [4.78, 5) is 13.4. The second kappa shape index (κ2) is 7.17. The number of rotatable bonds is 5. The van der Waals surface area contributed by atoms with Crippen molar-refractivity contribution < 1.29 is 4.79 Å². The second-order valence-corrected chi connectivity index (χ2v) is 7.22. The van der Waals surface area contributed by atoms with Gasteiger partial charge in [0.2, 0.25) is 0 Å². The van der Waals surface area contributed by atoms with Crippen molar-refractivity contribution in [3.63, 3.8) is 0 Å². The van der Waals surface area contributed by atoms with Gasteiger partial charge in [0.15, 0.2) is 0 Å². The number of nitrogens with one attached hydrogen (secondary N) is 2. The zero-order valence-electron chi connectivity index (χ0n) is 13.7. The van der Waals surface area contributed by atoms with Crippen LogP contribution in [0.25, 0.3) is 0 Å². The van der Waals surface area contributed by atoms with E-state index in [0.717, 1.165) is 24.2 Å². The summed E-state index contributed by atoms with van der Waals surface area (Å²) in [6.45, 7) is 4.59. The average molecular weight is 332 g/mol. The number of hydrogen-bond donors (Lipinski definition) is 2. The molecule has 1 unspecified atom stereocenters. The molecule has 0 bridgehead atoms. The van der Waals surface area contributed by atoms with Gasteiger partial charge in [-0.15, -0.1) is 11.3 Å². The molecular weight excluding hydrogens is 308 g/mol. The summed E-state index contributed by atoms with van der Waals surface area (Å²) in [5.41, 5.74) is 2.11. The van der Waals surface area contributed by atoms with Crippen LogP contribution in [0.5, 0.6) is 0 Å². The molecule has 2 heterocycles. The lowest BCUT2D eigenvalue weighted by atomic mass is 10.2. The monoisotopic (exact) mass is 332 g/mol. The van der Waals surface area contributed by atoms with Crippen LogP contribution in [0, 0.1) is 13.8 Å². The number of carbonyl (C=O) groups excluding carboxylic acids is 1. The third kappa shape index (κ3) is 3.93. The quantitative estimate of drug-likeness (QED) is 0.882. The zero-order valence-corrected chi connectivity index (χ0v) is 14.5. The van der Waals surface area contributed by atoms with E-state index in [1.807, 2.05) is 17.7 Å². The van der Waals surface area contributed by atoms with Crippen LogP contribution < -0.4 is 10.6 Å². The number of carbonyl (C=O) groups is 1. The predicted octanol–water partition coefficient (Wildman–Crippen LogP) is 3.39. The summed E-state index contributed by atoms with van der Waals surface area (Å²) in [7, 11) is 0. The van der Waals surface area contributed by atoms with E-state index in [0.29, 0.717) is 12.6 Å². The molecule has 1 aliphatic carbocycles. The summed E-state index contributed by atoms with van der Waals surface area (Å²) >= 11 is 1.70. The molecule has 5 nitrogen and oxygen atoms in total. The van der Waals surface area contributed by atoms with E-state index in [1.54, 1.807) is 11.3 Å². The highest BCUT2D eigenvalue weighted by molar-refractivity contribution is 7.10. The summed E-state index contributed by atoms with van der Waals surface area (Å²) in [6.07, 6.45) is 4.63. The van der Waals surface area contributed by atoms with Crippen molar-refractivity contribution in [2.75, 3.05) is 6.54 Å². The highest BCUT2D eigenvalue weighted by atomic mass is 32.1. The maximum absolute atomic E-state index is 12.1. The molecule has 6 heteroatoms. The standard InChI is InChI=1S/C17H24N4OS/c1-12-10-13(2)21(20-12)15(16-8-5-9-23-16)11-18-17(22)19-14-6-3-4-7-14/h5,8-10,14-15H,3-4,6-7,11H2,1-2H3,(H2,18,19,22). The topological polar surface area (TPSA) is 59.0 Å². The summed E-state index contributed by atoms with van der Waals surface area (Å²) in [5.74, 6) is 0. The van der Waals surface area contributed by atoms with Crippen molar-refractivity contribution >= 4 is 17.4 Å². The van der Waals surface area contributed by atoms with Crippen molar-refractivity contribution in [1.82, 2.24) is 20.4 Å². The van der Waals surface area contributed by atoms with Crippen molar-refractivity contribution in [3.05, 3.63) is 39.8 Å². The molecule has 0 aliphatic heterocycles. The number of aryl methyl sites for hydroxylation is 2. The first-order valence-electron chi connectivity index (χ1n) is 8.24. The van der Waals surface area contributed by atoms with Gasteiger partial charge in [0.05, 0.1) is 5.69 Å². The highest BCUT2D eigenvalue weighted by Gasteiger charge is 2.21. The van der Waals surface area contributed by atoms with Gasteiger partial charge in [-0.05, 0) is 44.2 Å². The smallest absolute Gasteiger partial charge is 0.315 e. The lowest BCUT2D eigenvalue weighted by Crippen LogP contribution is -2.43. The molecule has 1 fully saturated rings. The fraction of sp³-hybridized carbons (Fsp3) is 0.529. The van der Waals surface area contributed by atoms with Gasteiger partial charge in [0.25, 0.3) is 0 Å². The molecule has 2 aromatic rings. The normalized spacial score (nSPS) is 16.4. The first kappa shape index (κ1) is 16.1. The minimum absolute atomic E-state index is 0.0398. The minimum atomic E-state index is -0.0695. The molecule has 23 heavy (non-hydrogen) atoms. The third-order valence-corrected chi connectivity index (χ3v) is 5.33. The minimum Gasteiger partial charge on any atom is -0.336 e. The molecule has 0 aromatic carbocycles. The first-order valence-corrected chi connectivity index (χ1v) is 9.12. The first-order chi connectivity index (χ1) is 11.1. The van der Waals surface area contributed by atoms with Crippen LogP contribution in [0.15, 0.2) is 23.6 Å². The molecule has 2 amide bonds. The summed E-state index contributed by atoms with van der Waals surface area (Å²) in [6, 6.07) is 6.51. The Morgan fingerprint density at radius 1 is 1.43 bits per heavy atom. The van der Waals surface area contributed by atoms with Crippen LogP contribution in [-0.2, 0) is 0 Å². The molecule has 1 aliphatic rings. The highest BCUT2D eigenvalue weighted by Crippen LogP contribution is 2.24. The number of nitrogens with zero attached hydrogens (tertiary/aromatic N) is 2. The van der Waals surface area contributed by atoms with Crippen LogP contribution in [-0.4, -0.2) is 28.4 Å².